The Labute approximate surface area is 83.1 Å². The van der Waals surface area contributed by atoms with E-state index in [9.17, 15) is 0 Å². The summed E-state index contributed by atoms with van der Waals surface area (Å²) < 4.78 is 5.16. The Kier molecular flexibility index (Phi) is 1.92. The van der Waals surface area contributed by atoms with Gasteiger partial charge in [0, 0.05) is 12.0 Å². The van der Waals surface area contributed by atoms with Crippen molar-refractivity contribution in [3.63, 3.8) is 0 Å². The molecule has 2 aliphatic carbocycles. The largest absolute Gasteiger partial charge is 0.335 e. The second-order valence-electron chi connectivity index (χ2n) is 4.36. The van der Waals surface area contributed by atoms with Gasteiger partial charge >= 0.3 is 6.01 Å². The maximum atomic E-state index is 5.16. The molecule has 0 amide bonds. The predicted octanol–water partition coefficient (Wildman–Crippen LogP) is 2.30. The lowest BCUT2D eigenvalue weighted by Crippen LogP contribution is -2.01. The molecule has 0 atom stereocenters. The van der Waals surface area contributed by atoms with Gasteiger partial charge in [0.25, 0.3) is 0 Å². The van der Waals surface area contributed by atoms with E-state index >= 15 is 0 Å². The van der Waals surface area contributed by atoms with E-state index in [-0.39, 0.29) is 0 Å². The molecule has 1 N–H and O–H groups in total. The zero-order valence-electron chi connectivity index (χ0n) is 8.20. The fourth-order valence-corrected chi connectivity index (χ4v) is 2.05. The van der Waals surface area contributed by atoms with Crippen LogP contribution in [0.1, 0.15) is 50.3 Å². The molecule has 2 fully saturated rings. The Morgan fingerprint density at radius 3 is 2.64 bits per heavy atom. The Bertz CT molecular complexity index is 313. The highest BCUT2D eigenvalue weighted by molar-refractivity contribution is 5.24. The van der Waals surface area contributed by atoms with Gasteiger partial charge in [0.2, 0.25) is 0 Å². The average molecular weight is 193 g/mol. The second kappa shape index (κ2) is 3.26. The Morgan fingerprint density at radius 1 is 1.14 bits per heavy atom. The van der Waals surface area contributed by atoms with Crippen molar-refractivity contribution in [1.82, 2.24) is 10.1 Å². The van der Waals surface area contributed by atoms with Gasteiger partial charge in [-0.05, 0) is 25.7 Å². The van der Waals surface area contributed by atoms with Gasteiger partial charge in [-0.15, -0.1) is 0 Å². The van der Waals surface area contributed by atoms with Crippen molar-refractivity contribution in [2.45, 2.75) is 50.5 Å². The molecule has 2 saturated carbocycles. The molecule has 3 rings (SSSR count). The molecule has 1 aromatic rings. The van der Waals surface area contributed by atoms with Gasteiger partial charge < -0.3 is 9.84 Å². The van der Waals surface area contributed by atoms with Crippen LogP contribution in [-0.2, 0) is 0 Å². The van der Waals surface area contributed by atoms with Gasteiger partial charge in [-0.1, -0.05) is 18.0 Å². The van der Waals surface area contributed by atoms with Crippen LogP contribution in [0.3, 0.4) is 0 Å². The first-order chi connectivity index (χ1) is 6.92. The van der Waals surface area contributed by atoms with Crippen molar-refractivity contribution in [3.05, 3.63) is 5.82 Å². The summed E-state index contributed by atoms with van der Waals surface area (Å²) in [7, 11) is 0. The van der Waals surface area contributed by atoms with Crippen LogP contribution in [0.2, 0.25) is 0 Å². The highest BCUT2D eigenvalue weighted by Crippen LogP contribution is 2.33. The average Bonchev–Trinajstić information content (AvgIpc) is 2.71. The molecule has 2 aliphatic rings. The number of hydrogen-bond acceptors (Lipinski definition) is 4. The minimum absolute atomic E-state index is 0.550. The van der Waals surface area contributed by atoms with Crippen molar-refractivity contribution in [2.75, 3.05) is 5.32 Å². The monoisotopic (exact) mass is 193 g/mol. The third-order valence-electron chi connectivity index (χ3n) is 3.07. The summed E-state index contributed by atoms with van der Waals surface area (Å²) in [5.74, 6) is 1.46. The molecular weight excluding hydrogens is 178 g/mol. The quantitative estimate of drug-likeness (QED) is 0.800. The van der Waals surface area contributed by atoms with Gasteiger partial charge in [-0.25, -0.2) is 0 Å². The second-order valence-corrected chi connectivity index (χ2v) is 4.36. The molecule has 0 aromatic carbocycles. The van der Waals surface area contributed by atoms with E-state index in [0.29, 0.717) is 18.0 Å². The summed E-state index contributed by atoms with van der Waals surface area (Å²) in [5, 5.41) is 7.25. The molecule has 0 radical (unpaired) electrons. The third kappa shape index (κ3) is 1.61. The first-order valence-corrected chi connectivity index (χ1v) is 5.52. The van der Waals surface area contributed by atoms with Crippen molar-refractivity contribution < 1.29 is 4.52 Å². The zero-order chi connectivity index (χ0) is 9.38. The molecule has 0 bridgehead atoms. The van der Waals surface area contributed by atoms with Crippen molar-refractivity contribution in [2.24, 2.45) is 0 Å². The molecule has 1 heterocycles. The fourth-order valence-electron chi connectivity index (χ4n) is 2.05. The Morgan fingerprint density at radius 2 is 1.93 bits per heavy atom. The van der Waals surface area contributed by atoms with E-state index in [1.54, 1.807) is 0 Å². The summed E-state index contributed by atoms with van der Waals surface area (Å²) in [6, 6.07) is 1.21. The van der Waals surface area contributed by atoms with Crippen LogP contribution in [0.25, 0.3) is 0 Å². The number of aromatic nitrogens is 2. The molecule has 0 unspecified atom stereocenters. The van der Waals surface area contributed by atoms with Gasteiger partial charge in [0.15, 0.2) is 5.82 Å². The van der Waals surface area contributed by atoms with Crippen molar-refractivity contribution >= 4 is 6.01 Å². The SMILES string of the molecule is C1CCC(c2noc(NC3CC3)n2)C1. The summed E-state index contributed by atoms with van der Waals surface area (Å²) in [6.07, 6.45) is 7.54. The maximum Gasteiger partial charge on any atom is 0.321 e. The molecule has 0 aliphatic heterocycles. The Hall–Kier alpha value is -1.06. The summed E-state index contributed by atoms with van der Waals surface area (Å²) >= 11 is 0. The van der Waals surface area contributed by atoms with Crippen LogP contribution < -0.4 is 5.32 Å². The highest BCUT2D eigenvalue weighted by atomic mass is 16.5. The third-order valence-corrected chi connectivity index (χ3v) is 3.07. The minimum atomic E-state index is 0.550. The fraction of sp³-hybridized carbons (Fsp3) is 0.800. The lowest BCUT2D eigenvalue weighted by molar-refractivity contribution is 0.415. The molecular formula is C10H15N3O. The lowest BCUT2D eigenvalue weighted by atomic mass is 10.1. The molecule has 4 nitrogen and oxygen atoms in total. The molecule has 0 saturated heterocycles. The highest BCUT2D eigenvalue weighted by Gasteiger charge is 2.26. The topological polar surface area (TPSA) is 51.0 Å². The number of anilines is 1. The molecule has 4 heteroatoms. The van der Waals surface area contributed by atoms with E-state index in [4.69, 9.17) is 4.52 Å². The summed E-state index contributed by atoms with van der Waals surface area (Å²) in [6.45, 7) is 0. The van der Waals surface area contributed by atoms with E-state index in [1.807, 2.05) is 0 Å². The van der Waals surface area contributed by atoms with Crippen LogP contribution in [0.15, 0.2) is 4.52 Å². The Balaban J connectivity index is 1.68. The summed E-state index contributed by atoms with van der Waals surface area (Å²) in [5.41, 5.74) is 0. The zero-order valence-corrected chi connectivity index (χ0v) is 8.20. The maximum absolute atomic E-state index is 5.16. The van der Waals surface area contributed by atoms with E-state index in [2.05, 4.69) is 15.5 Å². The number of hydrogen-bond donors (Lipinski definition) is 1. The van der Waals surface area contributed by atoms with Crippen LogP contribution in [0.5, 0.6) is 0 Å². The van der Waals surface area contributed by atoms with Gasteiger partial charge in [-0.2, -0.15) is 4.98 Å². The molecule has 0 spiro atoms. The van der Waals surface area contributed by atoms with Gasteiger partial charge in [0.1, 0.15) is 0 Å². The standard InChI is InChI=1S/C10H15N3O/c1-2-4-7(3-1)9-12-10(14-13-9)11-8-5-6-8/h7-8H,1-6H2,(H,11,12,13). The van der Waals surface area contributed by atoms with Crippen molar-refractivity contribution in [3.8, 4) is 0 Å². The van der Waals surface area contributed by atoms with Crippen LogP contribution >= 0.6 is 0 Å². The number of nitrogens with one attached hydrogen (secondary N) is 1. The van der Waals surface area contributed by atoms with E-state index < -0.39 is 0 Å². The predicted molar refractivity (Wildman–Crippen MR) is 52.2 cm³/mol. The van der Waals surface area contributed by atoms with Gasteiger partial charge in [0.05, 0.1) is 0 Å². The van der Waals surface area contributed by atoms with Crippen molar-refractivity contribution in [1.29, 1.82) is 0 Å². The molecule has 76 valence electrons. The minimum Gasteiger partial charge on any atom is -0.335 e. The van der Waals surface area contributed by atoms with Crippen LogP contribution in [0, 0.1) is 0 Å². The normalized spacial score (nSPS) is 22.9. The number of rotatable bonds is 3. The first-order valence-electron chi connectivity index (χ1n) is 5.52. The summed E-state index contributed by atoms with van der Waals surface area (Å²) in [4.78, 5) is 4.38. The first kappa shape index (κ1) is 8.26. The smallest absolute Gasteiger partial charge is 0.321 e. The van der Waals surface area contributed by atoms with E-state index in [0.717, 1.165) is 5.82 Å². The van der Waals surface area contributed by atoms with Gasteiger partial charge in [-0.3, -0.25) is 0 Å². The molecule has 1 aromatic heterocycles. The number of nitrogens with zero attached hydrogens (tertiary/aromatic N) is 2. The molecule has 14 heavy (non-hydrogen) atoms. The van der Waals surface area contributed by atoms with Crippen LogP contribution in [-0.4, -0.2) is 16.2 Å². The van der Waals surface area contributed by atoms with Crippen LogP contribution in [0.4, 0.5) is 6.01 Å². The lowest BCUT2D eigenvalue weighted by Gasteiger charge is -1.99. The van der Waals surface area contributed by atoms with E-state index in [1.165, 1.54) is 38.5 Å².